The van der Waals surface area contributed by atoms with Crippen LogP contribution in [0.15, 0.2) is 23.4 Å². The third-order valence-corrected chi connectivity index (χ3v) is 10.0. The van der Waals surface area contributed by atoms with Crippen LogP contribution in [0.1, 0.15) is 33.3 Å². The van der Waals surface area contributed by atoms with Gasteiger partial charge in [0.15, 0.2) is 13.9 Å². The lowest BCUT2D eigenvalue weighted by Gasteiger charge is -2.43. The van der Waals surface area contributed by atoms with E-state index < -0.39 is 8.24 Å². The summed E-state index contributed by atoms with van der Waals surface area (Å²) in [5, 5.41) is 4.66. The molecule has 120 valence electrons. The van der Waals surface area contributed by atoms with E-state index in [4.69, 9.17) is 16.4 Å². The summed E-state index contributed by atoms with van der Waals surface area (Å²) in [7, 11) is -2.08. The Hall–Kier alpha value is -1.33. The summed E-state index contributed by atoms with van der Waals surface area (Å²) in [5.41, 5.74) is 2.00. The van der Waals surface area contributed by atoms with Crippen molar-refractivity contribution < 1.29 is 9.63 Å². The molecule has 1 aliphatic rings. The molecule has 0 N–H and O–H groups in total. The predicted molar refractivity (Wildman–Crippen MR) is 94.3 cm³/mol. The first-order valence-electron chi connectivity index (χ1n) is 7.45. The fourth-order valence-corrected chi connectivity index (χ4v) is 4.58. The zero-order chi connectivity index (χ0) is 16.7. The van der Waals surface area contributed by atoms with Crippen LogP contribution in [0.2, 0.25) is 23.2 Å². The smallest absolute Gasteiger partial charge is 0.273 e. The average molecular weight is 339 g/mol. The minimum Gasteiger partial charge on any atom is -0.395 e. The van der Waals surface area contributed by atoms with Gasteiger partial charge in [0, 0.05) is 16.3 Å². The molecular formula is C16H23ClN2O2Si. The van der Waals surface area contributed by atoms with Crippen molar-refractivity contribution in [1.29, 1.82) is 0 Å². The topological polar surface area (TPSA) is 41.9 Å². The number of amides is 1. The molecule has 1 aromatic rings. The van der Waals surface area contributed by atoms with E-state index in [9.17, 15) is 4.79 Å². The number of carbonyl (C=O) groups excluding carboxylic acids is 1. The lowest BCUT2D eigenvalue weighted by Crippen LogP contribution is -2.57. The number of hydrogen-bond acceptors (Lipinski definition) is 3. The Balaban J connectivity index is 2.63. The van der Waals surface area contributed by atoms with E-state index in [1.807, 2.05) is 23.6 Å². The van der Waals surface area contributed by atoms with Crippen molar-refractivity contribution in [3.8, 4) is 0 Å². The quantitative estimate of drug-likeness (QED) is 0.604. The molecule has 1 aliphatic heterocycles. The van der Waals surface area contributed by atoms with E-state index in [0.29, 0.717) is 17.3 Å². The fraction of sp³-hybridized carbons (Fsp3) is 0.500. The first-order chi connectivity index (χ1) is 10.1. The predicted octanol–water partition coefficient (Wildman–Crippen LogP) is 4.43. The molecule has 0 aromatic heterocycles. The molecule has 0 bridgehead atoms. The van der Waals surface area contributed by atoms with Crippen molar-refractivity contribution in [3.63, 3.8) is 0 Å². The Morgan fingerprint density at radius 1 is 1.32 bits per heavy atom. The highest BCUT2D eigenvalue weighted by Crippen LogP contribution is 2.44. The lowest BCUT2D eigenvalue weighted by molar-refractivity contribution is -0.111. The van der Waals surface area contributed by atoms with Gasteiger partial charge < -0.3 is 9.40 Å². The second kappa shape index (κ2) is 5.70. The molecule has 0 aliphatic carbocycles. The third-order valence-electron chi connectivity index (χ3n) is 4.54. The van der Waals surface area contributed by atoms with Gasteiger partial charge in [0.2, 0.25) is 0 Å². The van der Waals surface area contributed by atoms with Gasteiger partial charge in [-0.2, -0.15) is 0 Å². The minimum atomic E-state index is -2.08. The Morgan fingerprint density at radius 3 is 2.50 bits per heavy atom. The maximum atomic E-state index is 13.0. The van der Waals surface area contributed by atoms with Crippen LogP contribution < -0.4 is 4.57 Å². The van der Waals surface area contributed by atoms with Gasteiger partial charge in [-0.15, -0.1) is 0 Å². The molecule has 4 nitrogen and oxygen atoms in total. The maximum absolute atomic E-state index is 13.0. The van der Waals surface area contributed by atoms with Gasteiger partial charge in [0.05, 0.1) is 0 Å². The standard InChI is InChI=1S/C16H23ClN2O2Si/c1-7-21-18-14-12-10-11(17)8-9-13(12)19(15(14)20)22(5,6)16(2,3)4/h8-10H,7H2,1-6H3/b18-14+. The van der Waals surface area contributed by atoms with Crippen molar-refractivity contribution in [2.24, 2.45) is 5.16 Å². The van der Waals surface area contributed by atoms with Crippen molar-refractivity contribution in [3.05, 3.63) is 28.8 Å². The zero-order valence-electron chi connectivity index (χ0n) is 14.0. The van der Waals surface area contributed by atoms with Crippen molar-refractivity contribution in [1.82, 2.24) is 0 Å². The van der Waals surface area contributed by atoms with Crippen molar-refractivity contribution >= 4 is 37.1 Å². The molecule has 6 heteroatoms. The number of rotatable bonds is 3. The molecule has 1 heterocycles. The van der Waals surface area contributed by atoms with Gasteiger partial charge in [0.1, 0.15) is 6.61 Å². The van der Waals surface area contributed by atoms with E-state index in [-0.39, 0.29) is 10.9 Å². The van der Waals surface area contributed by atoms with Crippen molar-refractivity contribution in [2.75, 3.05) is 11.2 Å². The first-order valence-corrected chi connectivity index (χ1v) is 10.8. The number of nitrogens with zero attached hydrogens (tertiary/aromatic N) is 2. The zero-order valence-corrected chi connectivity index (χ0v) is 15.8. The molecule has 2 rings (SSSR count). The van der Waals surface area contributed by atoms with Gasteiger partial charge in [-0.3, -0.25) is 4.79 Å². The van der Waals surface area contributed by atoms with Gasteiger partial charge in [0.25, 0.3) is 5.91 Å². The highest BCUT2D eigenvalue weighted by molar-refractivity contribution is 6.90. The summed E-state index contributed by atoms with van der Waals surface area (Å²) in [6.07, 6.45) is 0. The van der Waals surface area contributed by atoms with E-state index in [1.54, 1.807) is 6.07 Å². The van der Waals surface area contributed by atoms with E-state index in [1.165, 1.54) is 0 Å². The first kappa shape index (κ1) is 17.0. The molecule has 0 saturated carbocycles. The Kier molecular flexibility index (Phi) is 4.41. The van der Waals surface area contributed by atoms with Crippen LogP contribution in [0.4, 0.5) is 5.69 Å². The Morgan fingerprint density at radius 2 is 1.95 bits per heavy atom. The molecule has 22 heavy (non-hydrogen) atoms. The number of anilines is 1. The number of hydrogen-bond donors (Lipinski definition) is 0. The molecular weight excluding hydrogens is 316 g/mol. The average Bonchev–Trinajstić information content (AvgIpc) is 2.67. The normalized spacial score (nSPS) is 17.1. The summed E-state index contributed by atoms with van der Waals surface area (Å²) in [4.78, 5) is 18.1. The van der Waals surface area contributed by atoms with Crippen LogP contribution in [0.25, 0.3) is 0 Å². The van der Waals surface area contributed by atoms with Crippen LogP contribution >= 0.6 is 11.6 Å². The Bertz CT molecular complexity index is 636. The molecule has 0 saturated heterocycles. The van der Waals surface area contributed by atoms with Crippen molar-refractivity contribution in [2.45, 2.75) is 45.8 Å². The second-order valence-corrected chi connectivity index (χ2v) is 12.5. The molecule has 0 unspecified atom stereocenters. The van der Waals surface area contributed by atoms with Gasteiger partial charge in [-0.05, 0) is 30.2 Å². The molecule has 1 amide bonds. The van der Waals surface area contributed by atoms with Crippen LogP contribution in [-0.4, -0.2) is 26.5 Å². The maximum Gasteiger partial charge on any atom is 0.273 e. The van der Waals surface area contributed by atoms with Crippen LogP contribution in [0.3, 0.4) is 0 Å². The van der Waals surface area contributed by atoms with Crippen LogP contribution in [-0.2, 0) is 9.63 Å². The van der Waals surface area contributed by atoms with Gasteiger partial charge in [-0.25, -0.2) is 0 Å². The number of fused-ring (bicyclic) bond motifs is 1. The summed E-state index contributed by atoms with van der Waals surface area (Å²) in [6, 6.07) is 5.52. The summed E-state index contributed by atoms with van der Waals surface area (Å²) < 4.78 is 1.94. The van der Waals surface area contributed by atoms with Gasteiger partial charge >= 0.3 is 0 Å². The SMILES string of the molecule is CCO/N=C1/C(=O)N([Si](C)(C)C(C)(C)C)c2ccc(Cl)cc21. The number of oxime groups is 1. The number of halogens is 1. The highest BCUT2D eigenvalue weighted by atomic mass is 35.5. The Labute approximate surface area is 138 Å². The number of carbonyl (C=O) groups is 1. The minimum absolute atomic E-state index is 0.0284. The highest BCUT2D eigenvalue weighted by Gasteiger charge is 2.49. The molecule has 1 aromatic carbocycles. The lowest BCUT2D eigenvalue weighted by atomic mass is 10.1. The monoisotopic (exact) mass is 338 g/mol. The summed E-state index contributed by atoms with van der Waals surface area (Å²) in [5.74, 6) is -0.0858. The van der Waals surface area contributed by atoms with Crippen LogP contribution in [0.5, 0.6) is 0 Å². The molecule has 0 atom stereocenters. The van der Waals surface area contributed by atoms with E-state index >= 15 is 0 Å². The molecule has 0 spiro atoms. The molecule has 0 fully saturated rings. The fourth-order valence-electron chi connectivity index (χ4n) is 2.33. The number of benzene rings is 1. The third kappa shape index (κ3) is 2.68. The van der Waals surface area contributed by atoms with Crippen LogP contribution in [0, 0.1) is 0 Å². The summed E-state index contributed by atoms with van der Waals surface area (Å²) in [6.45, 7) is 13.2. The molecule has 0 radical (unpaired) electrons. The van der Waals surface area contributed by atoms with E-state index in [0.717, 1.165) is 11.3 Å². The summed E-state index contributed by atoms with van der Waals surface area (Å²) >= 11 is 6.11. The second-order valence-electron chi connectivity index (χ2n) is 6.97. The van der Waals surface area contributed by atoms with E-state index in [2.05, 4.69) is 39.0 Å². The largest absolute Gasteiger partial charge is 0.395 e. The van der Waals surface area contributed by atoms with Gasteiger partial charge in [-0.1, -0.05) is 50.6 Å².